The average molecular weight is 523 g/mol. The van der Waals surface area contributed by atoms with E-state index in [1.807, 2.05) is 0 Å². The summed E-state index contributed by atoms with van der Waals surface area (Å²) in [4.78, 5) is 0. The van der Waals surface area contributed by atoms with E-state index < -0.39 is 29.1 Å². The molecule has 2 saturated carbocycles. The molecule has 0 heterocycles. The van der Waals surface area contributed by atoms with Gasteiger partial charge in [-0.25, -0.2) is 22.0 Å². The van der Waals surface area contributed by atoms with Gasteiger partial charge in [-0.3, -0.25) is 0 Å². The van der Waals surface area contributed by atoms with Crippen molar-refractivity contribution in [3.8, 4) is 11.5 Å². The maximum Gasteiger partial charge on any atom is 0.194 e. The van der Waals surface area contributed by atoms with Gasteiger partial charge in [-0.15, -0.1) is 0 Å². The highest BCUT2D eigenvalue weighted by molar-refractivity contribution is 5.48. The van der Waals surface area contributed by atoms with E-state index in [9.17, 15) is 22.0 Å². The highest BCUT2D eigenvalue weighted by atomic mass is 19.2. The normalized spacial score (nSPS) is 24.3. The minimum absolute atomic E-state index is 0.0312. The Morgan fingerprint density at radius 3 is 1.84 bits per heavy atom. The van der Waals surface area contributed by atoms with Crippen LogP contribution in [0.3, 0.4) is 0 Å². The van der Waals surface area contributed by atoms with Crippen molar-refractivity contribution < 1.29 is 26.7 Å². The molecule has 1 nitrogen and oxygen atoms in total. The molecule has 0 spiro atoms. The molecule has 0 amide bonds. The molecule has 2 aromatic rings. The van der Waals surface area contributed by atoms with Crippen LogP contribution in [0.4, 0.5) is 22.0 Å². The number of rotatable bonds is 9. The fraction of sp³-hybridized carbons (Fsp3) is 0.613. The molecule has 2 aliphatic rings. The summed E-state index contributed by atoms with van der Waals surface area (Å²) in [6.45, 7) is 3.92. The minimum atomic E-state index is -1.60. The second-order valence-corrected chi connectivity index (χ2v) is 11.1. The highest BCUT2D eigenvalue weighted by Gasteiger charge is 2.33. The molecule has 0 radical (unpaired) electrons. The maximum atomic E-state index is 14.7. The quantitative estimate of drug-likeness (QED) is 0.181. The largest absolute Gasteiger partial charge is 0.456 e. The lowest BCUT2D eigenvalue weighted by atomic mass is 9.67. The van der Waals surface area contributed by atoms with Gasteiger partial charge in [0, 0.05) is 23.3 Å². The fourth-order valence-corrected chi connectivity index (χ4v) is 6.66. The second-order valence-electron chi connectivity index (χ2n) is 11.1. The van der Waals surface area contributed by atoms with Crippen molar-refractivity contribution in [2.75, 3.05) is 0 Å². The maximum absolute atomic E-state index is 14.7. The van der Waals surface area contributed by atoms with Crippen molar-refractivity contribution in [1.29, 1.82) is 0 Å². The molecule has 2 fully saturated rings. The van der Waals surface area contributed by atoms with Gasteiger partial charge in [0.25, 0.3) is 0 Å². The van der Waals surface area contributed by atoms with E-state index >= 15 is 0 Å². The summed E-state index contributed by atoms with van der Waals surface area (Å²) in [5, 5.41) is 0. The number of hydrogen-bond acceptors (Lipinski definition) is 1. The average Bonchev–Trinajstić information content (AvgIpc) is 2.90. The van der Waals surface area contributed by atoms with Gasteiger partial charge >= 0.3 is 0 Å². The number of benzene rings is 2. The Labute approximate surface area is 217 Å². The Kier molecular flexibility index (Phi) is 9.52. The van der Waals surface area contributed by atoms with Gasteiger partial charge < -0.3 is 4.74 Å². The molecule has 0 bridgehead atoms. The van der Waals surface area contributed by atoms with Crippen molar-refractivity contribution in [1.82, 2.24) is 0 Å². The molecule has 6 heteroatoms. The summed E-state index contributed by atoms with van der Waals surface area (Å²) in [7, 11) is 0. The predicted molar refractivity (Wildman–Crippen MR) is 136 cm³/mol. The molecule has 2 aliphatic carbocycles. The summed E-state index contributed by atoms with van der Waals surface area (Å²) in [6, 6.07) is 2.64. The summed E-state index contributed by atoms with van der Waals surface area (Å²) in [5.74, 6) is -4.30. The third-order valence-corrected chi connectivity index (χ3v) is 8.81. The van der Waals surface area contributed by atoms with Crippen LogP contribution in [0.2, 0.25) is 0 Å². The fourth-order valence-electron chi connectivity index (χ4n) is 6.66. The molecule has 2 aromatic carbocycles. The van der Waals surface area contributed by atoms with E-state index in [0.29, 0.717) is 11.5 Å². The van der Waals surface area contributed by atoms with E-state index in [2.05, 4.69) is 6.92 Å². The molecular weight excluding hydrogens is 483 g/mol. The van der Waals surface area contributed by atoms with E-state index in [4.69, 9.17) is 4.74 Å². The van der Waals surface area contributed by atoms with Gasteiger partial charge in [-0.05, 0) is 74.7 Å². The SMILES string of the molecule is CCCCCC1CCC(C2CCC(c3cc(F)c(F)c(CC)c3Oc3cc(F)c(F)c(F)c3)CC2)CC1. The van der Waals surface area contributed by atoms with Gasteiger partial charge in [-0.1, -0.05) is 52.4 Å². The zero-order valence-corrected chi connectivity index (χ0v) is 22.0. The number of halogens is 5. The van der Waals surface area contributed by atoms with Gasteiger partial charge in [0.1, 0.15) is 11.5 Å². The second kappa shape index (κ2) is 12.6. The third-order valence-electron chi connectivity index (χ3n) is 8.81. The van der Waals surface area contributed by atoms with E-state index in [0.717, 1.165) is 49.7 Å². The molecule has 0 aromatic heterocycles. The summed E-state index contributed by atoms with van der Waals surface area (Å²) in [5.41, 5.74) is 0.558. The molecule has 4 rings (SSSR count). The Bertz CT molecular complexity index is 1030. The minimum Gasteiger partial charge on any atom is -0.456 e. The molecule has 204 valence electrons. The molecule has 0 saturated heterocycles. The first kappa shape index (κ1) is 27.9. The van der Waals surface area contributed by atoms with Crippen LogP contribution < -0.4 is 4.74 Å². The van der Waals surface area contributed by atoms with Crippen LogP contribution in [0.1, 0.15) is 108 Å². The molecule has 0 aliphatic heterocycles. The van der Waals surface area contributed by atoms with Crippen LogP contribution in [-0.4, -0.2) is 0 Å². The predicted octanol–water partition coefficient (Wildman–Crippen LogP) is 10.4. The third kappa shape index (κ3) is 6.49. The van der Waals surface area contributed by atoms with Crippen LogP contribution in [-0.2, 0) is 6.42 Å². The number of hydrogen-bond donors (Lipinski definition) is 0. The first-order chi connectivity index (χ1) is 17.8. The van der Waals surface area contributed by atoms with Crippen molar-refractivity contribution in [2.24, 2.45) is 17.8 Å². The summed E-state index contributed by atoms with van der Waals surface area (Å²) in [6.07, 6.45) is 14.3. The Morgan fingerprint density at radius 2 is 1.27 bits per heavy atom. The zero-order chi connectivity index (χ0) is 26.5. The van der Waals surface area contributed by atoms with E-state index in [1.165, 1.54) is 57.4 Å². The molecule has 0 N–H and O–H groups in total. The van der Waals surface area contributed by atoms with Crippen LogP contribution in [0.5, 0.6) is 11.5 Å². The Morgan fingerprint density at radius 1 is 0.703 bits per heavy atom. The molecule has 37 heavy (non-hydrogen) atoms. The molecular formula is C31H39F5O. The Hall–Kier alpha value is -2.11. The standard InChI is InChI=1S/C31H39F5O/c1-3-5-6-7-19-8-10-20(11-9-19)21-12-14-22(15-13-21)25-18-28(34)29(35)24(4-2)31(25)37-23-16-26(32)30(36)27(33)17-23/h16-22H,3-15H2,1-2H3. The topological polar surface area (TPSA) is 9.23 Å². The first-order valence-corrected chi connectivity index (χ1v) is 14.1. The Balaban J connectivity index is 1.47. The lowest BCUT2D eigenvalue weighted by Gasteiger charge is -2.38. The molecule has 0 unspecified atom stereocenters. The van der Waals surface area contributed by atoms with Crippen molar-refractivity contribution in [2.45, 2.75) is 103 Å². The van der Waals surface area contributed by atoms with Crippen LogP contribution in [0, 0.1) is 46.8 Å². The van der Waals surface area contributed by atoms with Crippen LogP contribution >= 0.6 is 0 Å². The lowest BCUT2D eigenvalue weighted by Crippen LogP contribution is -2.25. The van der Waals surface area contributed by atoms with Crippen molar-refractivity contribution in [3.63, 3.8) is 0 Å². The summed E-state index contributed by atoms with van der Waals surface area (Å²) < 4.78 is 76.2. The molecule has 0 atom stereocenters. The summed E-state index contributed by atoms with van der Waals surface area (Å²) >= 11 is 0. The van der Waals surface area contributed by atoms with E-state index in [1.54, 1.807) is 6.92 Å². The van der Waals surface area contributed by atoms with Gasteiger partial charge in [-0.2, -0.15) is 0 Å². The smallest absolute Gasteiger partial charge is 0.194 e. The van der Waals surface area contributed by atoms with Crippen LogP contribution in [0.25, 0.3) is 0 Å². The lowest BCUT2D eigenvalue weighted by molar-refractivity contribution is 0.155. The van der Waals surface area contributed by atoms with Gasteiger partial charge in [0.2, 0.25) is 0 Å². The van der Waals surface area contributed by atoms with Crippen molar-refractivity contribution in [3.05, 3.63) is 58.4 Å². The first-order valence-electron chi connectivity index (χ1n) is 14.1. The van der Waals surface area contributed by atoms with Crippen LogP contribution in [0.15, 0.2) is 18.2 Å². The number of ether oxygens (including phenoxy) is 1. The number of unbranched alkanes of at least 4 members (excludes halogenated alkanes) is 2. The zero-order valence-electron chi connectivity index (χ0n) is 22.0. The highest BCUT2D eigenvalue weighted by Crippen LogP contribution is 2.48. The monoisotopic (exact) mass is 522 g/mol. The van der Waals surface area contributed by atoms with Gasteiger partial charge in [0.15, 0.2) is 29.1 Å². The van der Waals surface area contributed by atoms with Crippen molar-refractivity contribution >= 4 is 0 Å². The van der Waals surface area contributed by atoms with E-state index in [-0.39, 0.29) is 29.4 Å². The van der Waals surface area contributed by atoms with Gasteiger partial charge in [0.05, 0.1) is 0 Å².